The van der Waals surface area contributed by atoms with Gasteiger partial charge in [-0.05, 0) is 29.0 Å². The van der Waals surface area contributed by atoms with Crippen LogP contribution >= 0.6 is 11.8 Å². The van der Waals surface area contributed by atoms with E-state index in [0.29, 0.717) is 12.1 Å². The van der Waals surface area contributed by atoms with Gasteiger partial charge in [-0.2, -0.15) is 0 Å². The number of hydrogen-bond acceptors (Lipinski definition) is 5. The maximum atomic E-state index is 13.1. The molecule has 3 aromatic carbocycles. The number of amides is 2. The average molecular weight is 521 g/mol. The van der Waals surface area contributed by atoms with Gasteiger partial charge in [0, 0.05) is 31.3 Å². The first-order valence-electron chi connectivity index (χ1n) is 11.5. The summed E-state index contributed by atoms with van der Waals surface area (Å²) < 4.78 is 30.4. The molecule has 0 aliphatic carbocycles. The van der Waals surface area contributed by atoms with Crippen molar-refractivity contribution >= 4 is 27.8 Å². The van der Waals surface area contributed by atoms with Gasteiger partial charge in [0.2, 0.25) is 0 Å². The molecule has 0 saturated carbocycles. The highest BCUT2D eigenvalue weighted by atomic mass is 32.2. The zero-order chi connectivity index (χ0) is 25.5. The molecule has 0 aliphatic rings. The van der Waals surface area contributed by atoms with E-state index < -0.39 is 16.1 Å². The van der Waals surface area contributed by atoms with Crippen LogP contribution in [0, 0.1) is 0 Å². The average Bonchev–Trinajstić information content (AvgIpc) is 3.30. The van der Waals surface area contributed by atoms with Crippen molar-refractivity contribution in [3.63, 3.8) is 0 Å². The smallest absolute Gasteiger partial charge is 0.328 e. The van der Waals surface area contributed by atoms with E-state index >= 15 is 0 Å². The third-order valence-corrected chi connectivity index (χ3v) is 7.68. The molecule has 0 saturated heterocycles. The van der Waals surface area contributed by atoms with Crippen LogP contribution in [0.1, 0.15) is 23.9 Å². The number of nitrogens with zero attached hydrogens (tertiary/aromatic N) is 2. The predicted molar refractivity (Wildman–Crippen MR) is 143 cm³/mol. The topological polar surface area (TPSA) is 93.1 Å². The summed E-state index contributed by atoms with van der Waals surface area (Å²) in [6.45, 7) is 2.99. The van der Waals surface area contributed by atoms with Crippen molar-refractivity contribution in [2.24, 2.45) is 0 Å². The van der Waals surface area contributed by atoms with Crippen LogP contribution in [0.3, 0.4) is 0 Å². The van der Waals surface area contributed by atoms with Crippen LogP contribution < -0.4 is 10.0 Å². The Kier molecular flexibility index (Phi) is 8.12. The molecule has 9 heteroatoms. The third-order valence-electron chi connectivity index (χ3n) is 5.68. The Morgan fingerprint density at radius 2 is 1.64 bits per heavy atom. The van der Waals surface area contributed by atoms with Gasteiger partial charge in [0.15, 0.2) is 0 Å². The summed E-state index contributed by atoms with van der Waals surface area (Å²) in [6.07, 6.45) is 4.90. The number of sulfonamides is 1. The summed E-state index contributed by atoms with van der Waals surface area (Å²) in [5.41, 5.74) is 3.22. The normalized spacial score (nSPS) is 11.3. The van der Waals surface area contributed by atoms with Crippen molar-refractivity contribution in [3.8, 4) is 11.1 Å². The minimum atomic E-state index is -4.09. The molecule has 0 radical (unpaired) electrons. The molecule has 2 amide bonds. The van der Waals surface area contributed by atoms with E-state index in [0.717, 1.165) is 34.0 Å². The van der Waals surface area contributed by atoms with E-state index in [-0.39, 0.29) is 11.4 Å². The van der Waals surface area contributed by atoms with Crippen LogP contribution in [-0.2, 0) is 29.5 Å². The molecule has 4 aromatic rings. The predicted octanol–water partition coefficient (Wildman–Crippen LogP) is 5.07. The minimum Gasteiger partial charge on any atom is -0.333 e. The molecule has 7 nitrogen and oxygen atoms in total. The number of carbonyl (C=O) groups excluding carboxylic acids is 1. The first-order valence-corrected chi connectivity index (χ1v) is 14.2. The number of nitrogens with one attached hydrogen (secondary N) is 2. The van der Waals surface area contributed by atoms with Gasteiger partial charge in [0.05, 0.1) is 4.90 Å². The second-order valence-electron chi connectivity index (χ2n) is 8.15. The fourth-order valence-electron chi connectivity index (χ4n) is 3.86. The zero-order valence-electron chi connectivity index (χ0n) is 20.1. The molecule has 0 aliphatic heterocycles. The lowest BCUT2D eigenvalue weighted by molar-refractivity contribution is 0.245. The second-order valence-corrected chi connectivity index (χ2v) is 10.6. The standard InChI is InChI=1S/C27H28N4O3S2/c1-3-25-29-26(35-2)19-31(25)18-21-13-15-22(16-14-21)23-11-7-8-12-24(23)36(33,34)30-27(32)28-17-20-9-5-4-6-10-20/h4-16,19H,3,17-18H2,1-2H3,(H2,28,30,32). The molecule has 2 N–H and O–H groups in total. The van der Waals surface area contributed by atoms with E-state index in [1.54, 1.807) is 30.0 Å². The van der Waals surface area contributed by atoms with Gasteiger partial charge in [-0.3, -0.25) is 0 Å². The molecule has 186 valence electrons. The Labute approximate surface area is 216 Å². The molecule has 0 spiro atoms. The van der Waals surface area contributed by atoms with Gasteiger partial charge in [0.1, 0.15) is 10.9 Å². The van der Waals surface area contributed by atoms with Crippen LogP contribution in [0.4, 0.5) is 4.79 Å². The van der Waals surface area contributed by atoms with Gasteiger partial charge in [-0.25, -0.2) is 22.9 Å². The molecule has 4 rings (SSSR count). The molecular formula is C27H28N4O3S2. The number of carbonyl (C=O) groups is 1. The van der Waals surface area contributed by atoms with Crippen LogP contribution in [0.2, 0.25) is 0 Å². The van der Waals surface area contributed by atoms with Gasteiger partial charge >= 0.3 is 6.03 Å². The highest BCUT2D eigenvalue weighted by Gasteiger charge is 2.21. The summed E-state index contributed by atoms with van der Waals surface area (Å²) in [5, 5.41) is 3.58. The molecule has 0 unspecified atom stereocenters. The Morgan fingerprint density at radius 1 is 0.944 bits per heavy atom. The van der Waals surface area contributed by atoms with Gasteiger partial charge in [-0.15, -0.1) is 11.8 Å². The summed E-state index contributed by atoms with van der Waals surface area (Å²) in [7, 11) is -4.09. The Balaban J connectivity index is 1.50. The highest BCUT2D eigenvalue weighted by Crippen LogP contribution is 2.28. The van der Waals surface area contributed by atoms with Crippen LogP contribution in [0.25, 0.3) is 11.1 Å². The zero-order valence-corrected chi connectivity index (χ0v) is 21.8. The number of urea groups is 1. The summed E-state index contributed by atoms with van der Waals surface area (Å²) >= 11 is 1.62. The molecule has 1 aromatic heterocycles. The van der Waals surface area contributed by atoms with Crippen molar-refractivity contribution in [2.75, 3.05) is 6.26 Å². The molecule has 0 fully saturated rings. The largest absolute Gasteiger partial charge is 0.333 e. The second kappa shape index (κ2) is 11.5. The van der Waals surface area contributed by atoms with Crippen molar-refractivity contribution in [3.05, 3.63) is 102 Å². The van der Waals surface area contributed by atoms with Crippen LogP contribution in [0.5, 0.6) is 0 Å². The summed E-state index contributed by atoms with van der Waals surface area (Å²) in [5.74, 6) is 1.02. The van der Waals surface area contributed by atoms with E-state index in [1.165, 1.54) is 6.07 Å². The van der Waals surface area contributed by atoms with Gasteiger partial charge < -0.3 is 9.88 Å². The number of thioether (sulfide) groups is 1. The summed E-state index contributed by atoms with van der Waals surface area (Å²) in [6, 6.07) is 22.9. The van der Waals surface area contributed by atoms with E-state index in [9.17, 15) is 13.2 Å². The summed E-state index contributed by atoms with van der Waals surface area (Å²) in [4.78, 5) is 17.0. The number of aryl methyl sites for hydroxylation is 1. The van der Waals surface area contributed by atoms with Crippen LogP contribution in [0.15, 0.2) is 95.0 Å². The first kappa shape index (κ1) is 25.5. The third kappa shape index (κ3) is 6.16. The van der Waals surface area contributed by atoms with Gasteiger partial charge in [-0.1, -0.05) is 79.7 Å². The van der Waals surface area contributed by atoms with Crippen molar-refractivity contribution in [1.29, 1.82) is 0 Å². The molecular weight excluding hydrogens is 492 g/mol. The maximum Gasteiger partial charge on any atom is 0.328 e. The van der Waals surface area contributed by atoms with Crippen molar-refractivity contribution in [2.45, 2.75) is 36.4 Å². The number of benzene rings is 3. The first-order chi connectivity index (χ1) is 17.4. The minimum absolute atomic E-state index is 0.0418. The maximum absolute atomic E-state index is 13.1. The quantitative estimate of drug-likeness (QED) is 0.301. The lowest BCUT2D eigenvalue weighted by Gasteiger charge is -2.13. The fraction of sp³-hybridized carbons (Fsp3) is 0.185. The molecule has 0 bridgehead atoms. The number of imidazole rings is 1. The van der Waals surface area contributed by atoms with E-state index in [1.807, 2.05) is 67.0 Å². The highest BCUT2D eigenvalue weighted by molar-refractivity contribution is 7.98. The number of aromatic nitrogens is 2. The molecule has 36 heavy (non-hydrogen) atoms. The lowest BCUT2D eigenvalue weighted by atomic mass is 10.0. The van der Waals surface area contributed by atoms with Gasteiger partial charge in [0.25, 0.3) is 10.0 Å². The van der Waals surface area contributed by atoms with Crippen LogP contribution in [-0.4, -0.2) is 30.3 Å². The Morgan fingerprint density at radius 3 is 2.33 bits per heavy atom. The molecule has 0 atom stereocenters. The Bertz CT molecular complexity index is 1430. The van der Waals surface area contributed by atoms with E-state index in [4.69, 9.17) is 0 Å². The lowest BCUT2D eigenvalue weighted by Crippen LogP contribution is -2.39. The number of rotatable bonds is 9. The Hall–Kier alpha value is -3.56. The molecule has 1 heterocycles. The monoisotopic (exact) mass is 520 g/mol. The SMILES string of the molecule is CCc1nc(SC)cn1Cc1ccc(-c2ccccc2S(=O)(=O)NC(=O)NCc2ccccc2)cc1. The van der Waals surface area contributed by atoms with E-state index in [2.05, 4.69) is 26.5 Å². The van der Waals surface area contributed by atoms with Crippen molar-refractivity contribution in [1.82, 2.24) is 19.6 Å². The van der Waals surface area contributed by atoms with Crippen molar-refractivity contribution < 1.29 is 13.2 Å². The number of hydrogen-bond donors (Lipinski definition) is 2. The fourth-order valence-corrected chi connectivity index (χ4v) is 5.45.